The highest BCUT2D eigenvalue weighted by atomic mass is 16.4. The zero-order valence-corrected chi connectivity index (χ0v) is 8.74. The van der Waals surface area contributed by atoms with Gasteiger partial charge in [0.1, 0.15) is 6.33 Å². The molecule has 0 bridgehead atoms. The molecule has 0 atom stereocenters. The Morgan fingerprint density at radius 3 is 2.65 bits per heavy atom. The number of rotatable bonds is 3. The van der Waals surface area contributed by atoms with Crippen LogP contribution in [0.25, 0.3) is 0 Å². The highest BCUT2D eigenvalue weighted by Crippen LogP contribution is 2.05. The van der Waals surface area contributed by atoms with Crippen LogP contribution in [0, 0.1) is 11.3 Å². The first-order valence-corrected chi connectivity index (χ1v) is 4.81. The van der Waals surface area contributed by atoms with Gasteiger partial charge in [0.15, 0.2) is 0 Å². The van der Waals surface area contributed by atoms with E-state index in [0.29, 0.717) is 12.1 Å². The summed E-state index contributed by atoms with van der Waals surface area (Å²) in [5.74, 6) is -1.37. The molecule has 0 saturated carbocycles. The molecule has 1 aromatic heterocycles. The summed E-state index contributed by atoms with van der Waals surface area (Å²) >= 11 is 0. The summed E-state index contributed by atoms with van der Waals surface area (Å²) in [5.41, 5.74) is 1.50. The Morgan fingerprint density at radius 1 is 1.41 bits per heavy atom. The molecule has 1 N–H and O–H groups in total. The van der Waals surface area contributed by atoms with Crippen molar-refractivity contribution in [3.8, 4) is 6.07 Å². The molecule has 0 saturated heterocycles. The lowest BCUT2D eigenvalue weighted by Gasteiger charge is -2.00. The van der Waals surface area contributed by atoms with Crippen LogP contribution in [0.4, 0.5) is 0 Å². The van der Waals surface area contributed by atoms with E-state index in [2.05, 4.69) is 10.1 Å². The van der Waals surface area contributed by atoms with Crippen molar-refractivity contribution < 1.29 is 9.90 Å². The summed E-state index contributed by atoms with van der Waals surface area (Å²) in [5, 5.41) is 21.1. The number of hydrogen-bond donors (Lipinski definition) is 1. The van der Waals surface area contributed by atoms with Crippen LogP contribution in [-0.2, 0) is 6.54 Å². The number of hydrogen-bond acceptors (Lipinski definition) is 4. The van der Waals surface area contributed by atoms with E-state index in [4.69, 9.17) is 10.4 Å². The Kier molecular flexibility index (Phi) is 2.83. The Morgan fingerprint density at radius 2 is 2.12 bits per heavy atom. The van der Waals surface area contributed by atoms with E-state index >= 15 is 0 Å². The van der Waals surface area contributed by atoms with Gasteiger partial charge in [0.2, 0.25) is 0 Å². The quantitative estimate of drug-likeness (QED) is 0.842. The average molecular weight is 228 g/mol. The second kappa shape index (κ2) is 4.45. The Hall–Kier alpha value is -2.68. The zero-order chi connectivity index (χ0) is 12.3. The van der Waals surface area contributed by atoms with Crippen LogP contribution in [0.2, 0.25) is 0 Å². The molecule has 1 aromatic carbocycles. The molecule has 2 rings (SSSR count). The summed E-state index contributed by atoms with van der Waals surface area (Å²) in [7, 11) is 0. The van der Waals surface area contributed by atoms with Gasteiger partial charge in [-0.1, -0.05) is 12.1 Å². The number of nitrogens with zero attached hydrogens (tertiary/aromatic N) is 4. The van der Waals surface area contributed by atoms with Crippen molar-refractivity contribution in [3.63, 3.8) is 0 Å². The molecule has 0 radical (unpaired) electrons. The van der Waals surface area contributed by atoms with Crippen LogP contribution in [0.5, 0.6) is 0 Å². The van der Waals surface area contributed by atoms with Gasteiger partial charge in [-0.25, -0.2) is 14.5 Å². The maximum Gasteiger partial charge on any atom is 0.375 e. The van der Waals surface area contributed by atoms with E-state index in [0.717, 1.165) is 5.56 Å². The van der Waals surface area contributed by atoms with Gasteiger partial charge in [0, 0.05) is 0 Å². The number of carboxylic acids is 1. The van der Waals surface area contributed by atoms with Gasteiger partial charge >= 0.3 is 5.97 Å². The SMILES string of the molecule is N#Cc1ccc(Cn2cnc(C(=O)O)n2)cc1. The first-order valence-electron chi connectivity index (χ1n) is 4.81. The molecule has 6 heteroatoms. The van der Waals surface area contributed by atoms with Crippen molar-refractivity contribution in [1.29, 1.82) is 5.26 Å². The van der Waals surface area contributed by atoms with Crippen LogP contribution < -0.4 is 0 Å². The lowest BCUT2D eigenvalue weighted by atomic mass is 10.1. The fraction of sp³-hybridized carbons (Fsp3) is 0.0909. The summed E-state index contributed by atoms with van der Waals surface area (Å²) in [6.45, 7) is 0.423. The smallest absolute Gasteiger partial charge is 0.375 e. The Labute approximate surface area is 96.8 Å². The van der Waals surface area contributed by atoms with Gasteiger partial charge in [-0.3, -0.25) is 0 Å². The molecule has 0 aliphatic heterocycles. The monoisotopic (exact) mass is 228 g/mol. The van der Waals surface area contributed by atoms with Gasteiger partial charge in [0.25, 0.3) is 5.82 Å². The van der Waals surface area contributed by atoms with E-state index in [-0.39, 0.29) is 5.82 Å². The standard InChI is InChI=1S/C11H8N4O2/c12-5-8-1-3-9(4-2-8)6-15-7-13-10(14-15)11(16)17/h1-4,7H,6H2,(H,16,17). The summed E-state index contributed by atoms with van der Waals surface area (Å²) in [6.07, 6.45) is 1.36. The molecular weight excluding hydrogens is 220 g/mol. The minimum atomic E-state index is -1.15. The van der Waals surface area contributed by atoms with E-state index in [1.807, 2.05) is 6.07 Å². The second-order valence-electron chi connectivity index (χ2n) is 3.38. The number of carbonyl (C=O) groups is 1. The van der Waals surface area contributed by atoms with Gasteiger partial charge in [-0.2, -0.15) is 5.26 Å². The van der Waals surface area contributed by atoms with Crippen molar-refractivity contribution >= 4 is 5.97 Å². The highest BCUT2D eigenvalue weighted by molar-refractivity contribution is 5.82. The van der Waals surface area contributed by atoms with Crippen molar-refractivity contribution in [2.75, 3.05) is 0 Å². The number of aromatic nitrogens is 3. The van der Waals surface area contributed by atoms with Gasteiger partial charge in [0.05, 0.1) is 18.2 Å². The summed E-state index contributed by atoms with van der Waals surface area (Å²) < 4.78 is 1.44. The minimum Gasteiger partial charge on any atom is -0.475 e. The predicted octanol–water partition coefficient (Wildman–Crippen LogP) is 0.896. The third-order valence-electron chi connectivity index (χ3n) is 2.16. The third-order valence-corrected chi connectivity index (χ3v) is 2.16. The maximum absolute atomic E-state index is 10.6. The van der Waals surface area contributed by atoms with Gasteiger partial charge in [-0.05, 0) is 17.7 Å². The Bertz CT molecular complexity index is 580. The molecule has 0 aliphatic carbocycles. The van der Waals surface area contributed by atoms with E-state index in [1.165, 1.54) is 11.0 Å². The van der Waals surface area contributed by atoms with Crippen LogP contribution in [0.15, 0.2) is 30.6 Å². The largest absolute Gasteiger partial charge is 0.475 e. The first-order chi connectivity index (χ1) is 8.19. The second-order valence-corrected chi connectivity index (χ2v) is 3.38. The molecule has 17 heavy (non-hydrogen) atoms. The van der Waals surface area contributed by atoms with Crippen LogP contribution in [0.3, 0.4) is 0 Å². The molecule has 84 valence electrons. The molecule has 0 amide bonds. The zero-order valence-electron chi connectivity index (χ0n) is 8.74. The van der Waals surface area contributed by atoms with Crippen LogP contribution in [-0.4, -0.2) is 25.8 Å². The lowest BCUT2D eigenvalue weighted by Crippen LogP contribution is -2.04. The van der Waals surface area contributed by atoms with E-state index in [1.54, 1.807) is 24.3 Å². The Balaban J connectivity index is 2.14. The van der Waals surface area contributed by atoms with Crippen molar-refractivity contribution in [2.45, 2.75) is 6.54 Å². The molecule has 2 aromatic rings. The van der Waals surface area contributed by atoms with Gasteiger partial charge < -0.3 is 5.11 Å². The number of nitriles is 1. The average Bonchev–Trinajstić information content (AvgIpc) is 2.79. The number of benzene rings is 1. The van der Waals surface area contributed by atoms with Crippen molar-refractivity contribution in [2.24, 2.45) is 0 Å². The molecule has 1 heterocycles. The normalized spacial score (nSPS) is 9.82. The maximum atomic E-state index is 10.6. The fourth-order valence-corrected chi connectivity index (χ4v) is 1.34. The van der Waals surface area contributed by atoms with Crippen LogP contribution in [0.1, 0.15) is 21.7 Å². The van der Waals surface area contributed by atoms with Crippen LogP contribution >= 0.6 is 0 Å². The topological polar surface area (TPSA) is 91.8 Å². The van der Waals surface area contributed by atoms with Crippen molar-refractivity contribution in [3.05, 3.63) is 47.5 Å². The predicted molar refractivity (Wildman–Crippen MR) is 57.2 cm³/mol. The first kappa shape index (κ1) is 10.8. The van der Waals surface area contributed by atoms with E-state index < -0.39 is 5.97 Å². The van der Waals surface area contributed by atoms with E-state index in [9.17, 15) is 4.79 Å². The van der Waals surface area contributed by atoms with Crippen molar-refractivity contribution in [1.82, 2.24) is 14.8 Å². The number of carboxylic acid groups (broad SMARTS) is 1. The molecule has 6 nitrogen and oxygen atoms in total. The molecule has 0 spiro atoms. The molecule has 0 aliphatic rings. The van der Waals surface area contributed by atoms with Gasteiger partial charge in [-0.15, -0.1) is 5.10 Å². The lowest BCUT2D eigenvalue weighted by molar-refractivity contribution is 0.0683. The molecule has 0 unspecified atom stereocenters. The fourth-order valence-electron chi connectivity index (χ4n) is 1.34. The molecule has 0 fully saturated rings. The summed E-state index contributed by atoms with van der Waals surface area (Å²) in [4.78, 5) is 14.2. The number of aromatic carboxylic acids is 1. The minimum absolute atomic E-state index is 0.223. The highest BCUT2D eigenvalue weighted by Gasteiger charge is 2.08. The summed E-state index contributed by atoms with van der Waals surface area (Å²) in [6, 6.07) is 9.01. The third kappa shape index (κ3) is 2.46. The molecular formula is C11H8N4O2.